The van der Waals surface area contributed by atoms with Crippen molar-refractivity contribution in [2.24, 2.45) is 0 Å². The summed E-state index contributed by atoms with van der Waals surface area (Å²) < 4.78 is 17.4. The van der Waals surface area contributed by atoms with Gasteiger partial charge in [-0.1, -0.05) is 28.1 Å². The molecule has 0 spiro atoms. The second kappa shape index (κ2) is 9.83. The van der Waals surface area contributed by atoms with E-state index in [2.05, 4.69) is 21.2 Å². The van der Waals surface area contributed by atoms with Crippen LogP contribution in [-0.2, 0) is 20.9 Å². The number of esters is 1. The number of carbonyl (C=O) groups is 2. The molecule has 2 aromatic carbocycles. The second-order valence-electron chi connectivity index (χ2n) is 8.08. The lowest BCUT2D eigenvalue weighted by atomic mass is 9.75. The molecule has 0 fully saturated rings. The van der Waals surface area contributed by atoms with Gasteiger partial charge in [-0.15, -0.1) is 0 Å². The number of ketones is 1. The molecule has 2 aliphatic rings. The Kier molecular flexibility index (Phi) is 6.88. The molecule has 0 radical (unpaired) electrons. The number of Topliss-reactive ketones (excluding diaryl/α,β-unsaturated/α-hetero) is 1. The lowest BCUT2D eigenvalue weighted by Gasteiger charge is -2.34. The molecule has 0 bridgehead atoms. The molecule has 0 saturated carbocycles. The monoisotopic (exact) mass is 511 g/mol. The third-order valence-electron chi connectivity index (χ3n) is 6.03. The largest absolute Gasteiger partial charge is 0.497 e. The van der Waals surface area contributed by atoms with E-state index in [9.17, 15) is 9.59 Å². The quantitative estimate of drug-likeness (QED) is 0.538. The highest BCUT2D eigenvalue weighted by atomic mass is 79.9. The predicted octanol–water partition coefficient (Wildman–Crippen LogP) is 5.18. The number of allylic oxidation sites excluding steroid dienone is 3. The van der Waals surface area contributed by atoms with E-state index in [-0.39, 0.29) is 12.4 Å². The first-order valence-electron chi connectivity index (χ1n) is 10.8. The number of dihydropyridines is 1. The summed E-state index contributed by atoms with van der Waals surface area (Å²) in [4.78, 5) is 26.5. The molecule has 0 saturated heterocycles. The molecule has 172 valence electrons. The summed E-state index contributed by atoms with van der Waals surface area (Å²) in [6.45, 7) is 1.96. The fourth-order valence-corrected chi connectivity index (χ4v) is 4.82. The Bertz CT molecular complexity index is 1150. The van der Waals surface area contributed by atoms with Crippen LogP contribution in [0.2, 0.25) is 0 Å². The minimum absolute atomic E-state index is 0.0451. The fourth-order valence-electron chi connectivity index (χ4n) is 4.44. The van der Waals surface area contributed by atoms with Gasteiger partial charge in [-0.2, -0.15) is 0 Å². The summed E-state index contributed by atoms with van der Waals surface area (Å²) in [6, 6.07) is 13.0. The Morgan fingerprint density at radius 2 is 1.85 bits per heavy atom. The Morgan fingerprint density at radius 3 is 2.55 bits per heavy atom. The number of hydrogen-bond donors (Lipinski definition) is 1. The van der Waals surface area contributed by atoms with Gasteiger partial charge in [0.25, 0.3) is 0 Å². The Hall–Kier alpha value is -3.06. The maximum Gasteiger partial charge on any atom is 0.337 e. The van der Waals surface area contributed by atoms with Crippen molar-refractivity contribution in [1.82, 2.24) is 5.32 Å². The highest BCUT2D eigenvalue weighted by Crippen LogP contribution is 2.46. The number of carbonyl (C=O) groups excluding carboxylic acids is 2. The summed E-state index contributed by atoms with van der Waals surface area (Å²) in [5, 5.41) is 3.31. The third kappa shape index (κ3) is 4.69. The highest BCUT2D eigenvalue weighted by molar-refractivity contribution is 9.10. The van der Waals surface area contributed by atoms with Gasteiger partial charge in [0.2, 0.25) is 0 Å². The van der Waals surface area contributed by atoms with Crippen molar-refractivity contribution < 1.29 is 23.8 Å². The van der Waals surface area contributed by atoms with Crippen molar-refractivity contribution in [3.63, 3.8) is 0 Å². The van der Waals surface area contributed by atoms with Gasteiger partial charge >= 0.3 is 5.97 Å². The summed E-state index contributed by atoms with van der Waals surface area (Å²) in [7, 11) is 3.19. The lowest BCUT2D eigenvalue weighted by molar-refractivity contribution is -0.140. The van der Waals surface area contributed by atoms with Crippen molar-refractivity contribution in [2.45, 2.75) is 38.7 Å². The molecule has 4 rings (SSSR count). The van der Waals surface area contributed by atoms with Crippen LogP contribution in [0.15, 0.2) is 69.5 Å². The number of nitrogens with one attached hydrogen (secondary N) is 1. The summed E-state index contributed by atoms with van der Waals surface area (Å²) >= 11 is 3.53. The van der Waals surface area contributed by atoms with Gasteiger partial charge in [0.1, 0.15) is 18.1 Å². The maximum absolute atomic E-state index is 13.4. The van der Waals surface area contributed by atoms with Crippen LogP contribution in [0.1, 0.15) is 43.2 Å². The minimum atomic E-state index is -0.565. The average Bonchev–Trinajstić information content (AvgIpc) is 2.82. The molecule has 1 N–H and O–H groups in total. The first kappa shape index (κ1) is 23.1. The van der Waals surface area contributed by atoms with Crippen LogP contribution in [0.3, 0.4) is 0 Å². The van der Waals surface area contributed by atoms with Crippen molar-refractivity contribution in [1.29, 1.82) is 0 Å². The maximum atomic E-state index is 13.4. The molecule has 1 aliphatic heterocycles. The molecular weight excluding hydrogens is 486 g/mol. The lowest BCUT2D eigenvalue weighted by Crippen LogP contribution is -2.34. The Balaban J connectivity index is 1.72. The number of benzene rings is 2. The van der Waals surface area contributed by atoms with Crippen molar-refractivity contribution in [3.8, 4) is 11.5 Å². The van der Waals surface area contributed by atoms with E-state index in [4.69, 9.17) is 14.2 Å². The van der Waals surface area contributed by atoms with Crippen molar-refractivity contribution >= 4 is 27.7 Å². The van der Waals surface area contributed by atoms with E-state index in [0.29, 0.717) is 29.0 Å². The number of halogens is 1. The standard InChI is InChI=1S/C26H26BrNO5/c1-15-23(26(30)33-14-16-7-10-18(31-2)11-8-16)24(19-13-17(27)9-12-22(19)32-3)25-20(28-15)5-4-6-21(25)29/h7-13,24,28H,4-6,14H2,1-3H3/t24-/m0/s1. The van der Waals surface area contributed by atoms with E-state index in [1.807, 2.05) is 49.4 Å². The van der Waals surface area contributed by atoms with Gasteiger partial charge in [-0.05, 0) is 55.7 Å². The van der Waals surface area contributed by atoms with E-state index in [1.165, 1.54) is 0 Å². The minimum Gasteiger partial charge on any atom is -0.497 e. The summed E-state index contributed by atoms with van der Waals surface area (Å²) in [6.07, 6.45) is 2.01. The first-order valence-corrected chi connectivity index (χ1v) is 11.6. The van der Waals surface area contributed by atoms with Crippen LogP contribution in [0.4, 0.5) is 0 Å². The molecule has 1 aliphatic carbocycles. The van der Waals surface area contributed by atoms with Crippen LogP contribution in [0.5, 0.6) is 11.5 Å². The first-order chi connectivity index (χ1) is 15.9. The average molecular weight is 512 g/mol. The normalized spacial score (nSPS) is 17.9. The van der Waals surface area contributed by atoms with Crippen LogP contribution in [0, 0.1) is 0 Å². The molecule has 6 nitrogen and oxygen atoms in total. The van der Waals surface area contributed by atoms with Gasteiger partial charge in [-0.25, -0.2) is 4.79 Å². The molecule has 33 heavy (non-hydrogen) atoms. The van der Waals surface area contributed by atoms with Crippen molar-refractivity contribution in [3.05, 3.63) is 80.6 Å². The number of ether oxygens (including phenoxy) is 3. The van der Waals surface area contributed by atoms with Gasteiger partial charge in [0.05, 0.1) is 25.7 Å². The molecule has 1 heterocycles. The van der Waals surface area contributed by atoms with Gasteiger partial charge in [0.15, 0.2) is 5.78 Å². The zero-order chi connectivity index (χ0) is 23.5. The number of methoxy groups -OCH3 is 2. The Morgan fingerprint density at radius 1 is 1.09 bits per heavy atom. The molecule has 7 heteroatoms. The van der Waals surface area contributed by atoms with E-state index >= 15 is 0 Å². The van der Waals surface area contributed by atoms with Gasteiger partial charge in [-0.3, -0.25) is 4.79 Å². The molecule has 2 aromatic rings. The predicted molar refractivity (Wildman–Crippen MR) is 128 cm³/mol. The smallest absolute Gasteiger partial charge is 0.337 e. The highest BCUT2D eigenvalue weighted by Gasteiger charge is 2.40. The Labute approximate surface area is 201 Å². The van der Waals surface area contributed by atoms with Crippen LogP contribution in [0.25, 0.3) is 0 Å². The van der Waals surface area contributed by atoms with Crippen LogP contribution >= 0.6 is 15.9 Å². The molecule has 0 amide bonds. The molecular formula is C26H26BrNO5. The van der Waals surface area contributed by atoms with Gasteiger partial charge in [0, 0.05) is 33.4 Å². The van der Waals surface area contributed by atoms with Gasteiger partial charge < -0.3 is 19.5 Å². The SMILES string of the molecule is COc1ccc(COC(=O)C2=C(C)NC3=C(C(=O)CCC3)[C@H]2c2cc(Br)ccc2OC)cc1. The molecule has 1 atom stereocenters. The number of rotatable bonds is 6. The van der Waals surface area contributed by atoms with Crippen molar-refractivity contribution in [2.75, 3.05) is 14.2 Å². The van der Waals surface area contributed by atoms with E-state index < -0.39 is 11.9 Å². The summed E-state index contributed by atoms with van der Waals surface area (Å²) in [5.41, 5.74) is 4.22. The van der Waals surface area contributed by atoms with E-state index in [0.717, 1.165) is 39.9 Å². The van der Waals surface area contributed by atoms with Crippen LogP contribution in [-0.4, -0.2) is 26.0 Å². The van der Waals surface area contributed by atoms with E-state index in [1.54, 1.807) is 14.2 Å². The zero-order valence-corrected chi connectivity index (χ0v) is 20.5. The third-order valence-corrected chi connectivity index (χ3v) is 6.52. The summed E-state index contributed by atoms with van der Waals surface area (Å²) in [5.74, 6) is 0.363. The topological polar surface area (TPSA) is 73.9 Å². The number of hydrogen-bond acceptors (Lipinski definition) is 6. The fraction of sp³-hybridized carbons (Fsp3) is 0.308. The molecule has 0 unspecified atom stereocenters. The molecule has 0 aromatic heterocycles. The zero-order valence-electron chi connectivity index (χ0n) is 18.9. The van der Waals surface area contributed by atoms with Crippen LogP contribution < -0.4 is 14.8 Å². The second-order valence-corrected chi connectivity index (χ2v) is 8.99.